The van der Waals surface area contributed by atoms with Crippen molar-refractivity contribution < 1.29 is 0 Å². The van der Waals surface area contributed by atoms with Crippen molar-refractivity contribution in [2.24, 2.45) is 0 Å². The van der Waals surface area contributed by atoms with E-state index in [1.807, 2.05) is 30.3 Å². The van der Waals surface area contributed by atoms with Gasteiger partial charge in [0.1, 0.15) is 12.9 Å². The zero-order chi connectivity index (χ0) is 15.9. The molecule has 0 saturated carbocycles. The number of fused-ring (bicyclic) bond motifs is 3. The highest BCUT2D eigenvalue weighted by Crippen LogP contribution is 2.14. The average molecular weight is 318 g/mol. The van der Waals surface area contributed by atoms with Crippen LogP contribution in [0.2, 0.25) is 0 Å². The van der Waals surface area contributed by atoms with E-state index >= 15 is 0 Å². The van der Waals surface area contributed by atoms with Gasteiger partial charge in [-0.25, -0.2) is 14.5 Å². The number of hydrogen-bond donors (Lipinski definition) is 1. The minimum absolute atomic E-state index is 0.320. The van der Waals surface area contributed by atoms with Gasteiger partial charge >= 0.3 is 0 Å². The van der Waals surface area contributed by atoms with Crippen molar-refractivity contribution in [3.8, 4) is 11.4 Å². The summed E-state index contributed by atoms with van der Waals surface area (Å²) in [7, 11) is 0. The van der Waals surface area contributed by atoms with Crippen LogP contribution in [0.25, 0.3) is 28.1 Å². The van der Waals surface area contributed by atoms with Gasteiger partial charge < -0.3 is 0 Å². The van der Waals surface area contributed by atoms with Gasteiger partial charge in [-0.3, -0.25) is 5.10 Å². The van der Waals surface area contributed by atoms with Gasteiger partial charge in [-0.15, -0.1) is 15.3 Å². The molecule has 4 aromatic heterocycles. The van der Waals surface area contributed by atoms with Crippen molar-refractivity contribution in [3.05, 3.63) is 48.7 Å². The fourth-order valence-electron chi connectivity index (χ4n) is 2.49. The van der Waals surface area contributed by atoms with Crippen LogP contribution >= 0.6 is 0 Å². The third-order valence-electron chi connectivity index (χ3n) is 3.60. The molecule has 0 unspecified atom stereocenters. The van der Waals surface area contributed by atoms with Crippen molar-refractivity contribution in [2.75, 3.05) is 0 Å². The number of aromatic amines is 1. The van der Waals surface area contributed by atoms with E-state index in [0.29, 0.717) is 29.5 Å². The van der Waals surface area contributed by atoms with E-state index in [0.717, 1.165) is 10.9 Å². The van der Waals surface area contributed by atoms with E-state index in [1.165, 1.54) is 4.80 Å². The molecule has 0 spiro atoms. The maximum absolute atomic E-state index is 4.51. The number of H-pyrrole nitrogens is 1. The smallest absolute Gasteiger partial charge is 0.204 e. The summed E-state index contributed by atoms with van der Waals surface area (Å²) in [5.41, 5.74) is 2.27. The lowest BCUT2D eigenvalue weighted by Gasteiger charge is -1.93. The molecule has 0 aliphatic heterocycles. The molecule has 1 aromatic carbocycles. The van der Waals surface area contributed by atoms with Gasteiger partial charge in [-0.05, 0) is 5.21 Å². The van der Waals surface area contributed by atoms with Gasteiger partial charge in [0.05, 0.1) is 11.6 Å². The molecular formula is C14H10N10. The molecule has 24 heavy (non-hydrogen) atoms. The number of nitrogens with one attached hydrogen (secondary N) is 1. The molecular weight excluding hydrogens is 308 g/mol. The molecule has 0 radical (unpaired) electrons. The topological polar surface area (TPSA) is 115 Å². The molecule has 0 saturated heterocycles. The number of hydrogen-bond acceptors (Lipinski definition) is 7. The predicted octanol–water partition coefficient (Wildman–Crippen LogP) is 0.702. The van der Waals surface area contributed by atoms with Crippen LogP contribution in [0.1, 0.15) is 5.82 Å². The molecule has 0 atom stereocenters. The van der Waals surface area contributed by atoms with E-state index in [-0.39, 0.29) is 0 Å². The Morgan fingerprint density at radius 2 is 2.00 bits per heavy atom. The van der Waals surface area contributed by atoms with Gasteiger partial charge in [0, 0.05) is 5.56 Å². The molecule has 0 aliphatic carbocycles. The molecule has 1 N–H and O–H groups in total. The fraction of sp³-hybridized carbons (Fsp3) is 0.0714. The quantitative estimate of drug-likeness (QED) is 0.520. The summed E-state index contributed by atoms with van der Waals surface area (Å²) in [6, 6.07) is 9.68. The molecule has 0 amide bonds. The lowest BCUT2D eigenvalue weighted by molar-refractivity contribution is 0.554. The standard InChI is InChI=1S/C14H10N10/c1-2-4-9(5-3-1)12-19-22-24(21-12)7-11-17-14-10-6-16-18-13(10)15-8-23(14)20-11/h1-6,8H,7H2,(H,16,18). The molecule has 0 aliphatic rings. The second-order valence-corrected chi connectivity index (χ2v) is 5.18. The van der Waals surface area contributed by atoms with Gasteiger partial charge in [0.2, 0.25) is 5.82 Å². The zero-order valence-electron chi connectivity index (χ0n) is 12.3. The first-order valence-corrected chi connectivity index (χ1v) is 7.23. The van der Waals surface area contributed by atoms with Crippen molar-refractivity contribution in [1.29, 1.82) is 0 Å². The Balaban J connectivity index is 1.49. The summed E-state index contributed by atoms with van der Waals surface area (Å²) in [6.45, 7) is 0.320. The normalized spacial score (nSPS) is 11.5. The Kier molecular flexibility index (Phi) is 2.62. The number of benzene rings is 1. The van der Waals surface area contributed by atoms with Crippen molar-refractivity contribution in [2.45, 2.75) is 6.54 Å². The Labute approximate surface area is 134 Å². The maximum Gasteiger partial charge on any atom is 0.204 e. The van der Waals surface area contributed by atoms with E-state index in [4.69, 9.17) is 0 Å². The molecule has 5 aromatic rings. The van der Waals surface area contributed by atoms with Crippen LogP contribution in [0.3, 0.4) is 0 Å². The Morgan fingerprint density at radius 1 is 1.08 bits per heavy atom. The molecule has 0 fully saturated rings. The maximum atomic E-state index is 4.51. The van der Waals surface area contributed by atoms with Crippen molar-refractivity contribution in [3.63, 3.8) is 0 Å². The van der Waals surface area contributed by atoms with E-state index in [1.54, 1.807) is 17.0 Å². The third kappa shape index (κ3) is 2.00. The largest absolute Gasteiger partial charge is 0.261 e. The summed E-state index contributed by atoms with van der Waals surface area (Å²) >= 11 is 0. The molecule has 10 nitrogen and oxygen atoms in total. The molecule has 116 valence electrons. The van der Waals surface area contributed by atoms with Gasteiger partial charge in [-0.2, -0.15) is 9.90 Å². The number of nitrogens with zero attached hydrogens (tertiary/aromatic N) is 9. The van der Waals surface area contributed by atoms with Gasteiger partial charge in [-0.1, -0.05) is 30.3 Å². The minimum atomic E-state index is 0.320. The van der Waals surface area contributed by atoms with Crippen LogP contribution in [-0.4, -0.2) is 50.0 Å². The summed E-state index contributed by atoms with van der Waals surface area (Å²) < 4.78 is 1.61. The highest BCUT2D eigenvalue weighted by molar-refractivity contribution is 5.87. The lowest BCUT2D eigenvalue weighted by Crippen LogP contribution is -2.05. The zero-order valence-corrected chi connectivity index (χ0v) is 12.3. The van der Waals surface area contributed by atoms with Gasteiger partial charge in [0.15, 0.2) is 17.1 Å². The highest BCUT2D eigenvalue weighted by atomic mass is 15.6. The molecule has 10 heteroatoms. The number of rotatable bonds is 3. The SMILES string of the molecule is c1ccc(-c2nnn(Cc3nc4c5cn[nH]c5ncn4n3)n2)cc1. The Hall–Kier alpha value is -3.69. The highest BCUT2D eigenvalue weighted by Gasteiger charge is 2.12. The summed E-state index contributed by atoms with van der Waals surface area (Å²) in [5, 5.41) is 24.5. The Morgan fingerprint density at radius 3 is 2.92 bits per heavy atom. The fourth-order valence-corrected chi connectivity index (χ4v) is 2.49. The minimum Gasteiger partial charge on any atom is -0.261 e. The van der Waals surface area contributed by atoms with Crippen LogP contribution in [0.4, 0.5) is 0 Å². The summed E-state index contributed by atoms with van der Waals surface area (Å²) in [6.07, 6.45) is 3.27. The van der Waals surface area contributed by atoms with Crippen LogP contribution in [0, 0.1) is 0 Å². The summed E-state index contributed by atoms with van der Waals surface area (Å²) in [5.74, 6) is 1.14. The van der Waals surface area contributed by atoms with Crippen LogP contribution < -0.4 is 0 Å². The first-order chi connectivity index (χ1) is 11.9. The first kappa shape index (κ1) is 12.8. The van der Waals surface area contributed by atoms with Crippen LogP contribution in [-0.2, 0) is 6.54 Å². The second-order valence-electron chi connectivity index (χ2n) is 5.18. The lowest BCUT2D eigenvalue weighted by atomic mass is 10.2. The summed E-state index contributed by atoms with van der Waals surface area (Å²) in [4.78, 5) is 10.2. The second kappa shape index (κ2) is 4.91. The average Bonchev–Trinajstić information content (AvgIpc) is 3.34. The predicted molar refractivity (Wildman–Crippen MR) is 82.8 cm³/mol. The monoisotopic (exact) mass is 318 g/mol. The van der Waals surface area contributed by atoms with Gasteiger partial charge in [0.25, 0.3) is 0 Å². The molecule has 5 rings (SSSR count). The Bertz CT molecular complexity index is 1140. The molecule has 4 heterocycles. The van der Waals surface area contributed by atoms with Crippen LogP contribution in [0.5, 0.6) is 0 Å². The molecule has 0 bridgehead atoms. The number of aromatic nitrogens is 10. The number of tetrazole rings is 1. The van der Waals surface area contributed by atoms with E-state index in [2.05, 4.69) is 40.7 Å². The van der Waals surface area contributed by atoms with Crippen molar-refractivity contribution in [1.82, 2.24) is 50.0 Å². The third-order valence-corrected chi connectivity index (χ3v) is 3.60. The van der Waals surface area contributed by atoms with E-state index < -0.39 is 0 Å². The first-order valence-electron chi connectivity index (χ1n) is 7.23. The van der Waals surface area contributed by atoms with Crippen molar-refractivity contribution >= 4 is 16.7 Å². The van der Waals surface area contributed by atoms with Crippen LogP contribution in [0.15, 0.2) is 42.9 Å². The van der Waals surface area contributed by atoms with E-state index in [9.17, 15) is 0 Å².